The van der Waals surface area contributed by atoms with E-state index in [2.05, 4.69) is 25.8 Å². The molecule has 0 spiro atoms. The van der Waals surface area contributed by atoms with Crippen molar-refractivity contribution in [3.63, 3.8) is 0 Å². The van der Waals surface area contributed by atoms with Gasteiger partial charge in [0.15, 0.2) is 0 Å². The number of carbonyl (C=O) groups is 3. The molecule has 3 amide bonds. The number of benzene rings is 1. The van der Waals surface area contributed by atoms with E-state index in [9.17, 15) is 14.4 Å². The van der Waals surface area contributed by atoms with E-state index in [1.54, 1.807) is 24.3 Å². The quantitative estimate of drug-likeness (QED) is 0.154. The summed E-state index contributed by atoms with van der Waals surface area (Å²) < 4.78 is 0. The van der Waals surface area contributed by atoms with Gasteiger partial charge >= 0.3 is 0 Å². The minimum Gasteiger partial charge on any atom is -0.352 e. The number of hydrogen-bond acceptors (Lipinski definition) is 5. The van der Waals surface area contributed by atoms with E-state index in [-0.39, 0.29) is 18.0 Å². The molecule has 1 aromatic rings. The summed E-state index contributed by atoms with van der Waals surface area (Å²) in [7, 11) is 0. The number of nitrogens with zero attached hydrogens (tertiary/aromatic N) is 2. The molecule has 0 radical (unpaired) electrons. The van der Waals surface area contributed by atoms with Crippen molar-refractivity contribution in [2.45, 2.75) is 52.0 Å². The number of halogens is 1. The number of piperidine rings is 1. The highest BCUT2D eigenvalue weighted by Crippen LogP contribution is 2.10. The van der Waals surface area contributed by atoms with Crippen LogP contribution in [0.3, 0.4) is 0 Å². The van der Waals surface area contributed by atoms with Gasteiger partial charge in [-0.3, -0.25) is 19.4 Å². The van der Waals surface area contributed by atoms with Gasteiger partial charge in [0.1, 0.15) is 5.57 Å². The molecule has 0 bridgehead atoms. The van der Waals surface area contributed by atoms with Crippen molar-refractivity contribution in [2.75, 3.05) is 32.7 Å². The molecule has 34 heavy (non-hydrogen) atoms. The van der Waals surface area contributed by atoms with Crippen molar-refractivity contribution in [2.24, 2.45) is 4.99 Å². The van der Waals surface area contributed by atoms with E-state index in [4.69, 9.17) is 11.6 Å². The molecule has 0 atom stereocenters. The van der Waals surface area contributed by atoms with Crippen LogP contribution in [-0.2, 0) is 14.4 Å². The number of amides is 3. The first-order valence-corrected chi connectivity index (χ1v) is 12.1. The Morgan fingerprint density at radius 3 is 2.47 bits per heavy atom. The van der Waals surface area contributed by atoms with Gasteiger partial charge in [-0.2, -0.15) is 0 Å². The molecule has 186 valence electrons. The monoisotopic (exact) mass is 489 g/mol. The molecule has 1 saturated heterocycles. The van der Waals surface area contributed by atoms with Crippen LogP contribution in [-0.4, -0.2) is 67.1 Å². The van der Waals surface area contributed by atoms with Crippen molar-refractivity contribution in [1.82, 2.24) is 20.9 Å². The van der Waals surface area contributed by atoms with Gasteiger partial charge in [-0.15, -0.1) is 0 Å². The summed E-state index contributed by atoms with van der Waals surface area (Å²) in [4.78, 5) is 44.0. The Bertz CT molecular complexity index is 902. The molecule has 0 saturated carbocycles. The molecular weight excluding hydrogens is 454 g/mol. The predicted octanol–water partition coefficient (Wildman–Crippen LogP) is 2.67. The van der Waals surface area contributed by atoms with Crippen LogP contribution in [0.5, 0.6) is 0 Å². The van der Waals surface area contributed by atoms with E-state index in [1.165, 1.54) is 31.7 Å². The van der Waals surface area contributed by atoms with Gasteiger partial charge in [-0.25, -0.2) is 0 Å². The summed E-state index contributed by atoms with van der Waals surface area (Å²) in [5.74, 6) is -1.54. The summed E-state index contributed by atoms with van der Waals surface area (Å²) in [5.41, 5.74) is 0.141. The van der Waals surface area contributed by atoms with E-state index in [1.807, 2.05) is 20.8 Å². The zero-order valence-corrected chi connectivity index (χ0v) is 21.1. The van der Waals surface area contributed by atoms with Crippen LogP contribution >= 0.6 is 11.6 Å². The second kappa shape index (κ2) is 13.9. The van der Waals surface area contributed by atoms with Crippen LogP contribution in [0.15, 0.2) is 41.0 Å². The number of carbonyl (C=O) groups excluding carboxylic acids is 3. The summed E-state index contributed by atoms with van der Waals surface area (Å²) in [6.07, 6.45) is 7.22. The van der Waals surface area contributed by atoms with E-state index < -0.39 is 17.4 Å². The lowest BCUT2D eigenvalue weighted by Gasteiger charge is -2.26. The molecule has 1 aliphatic heterocycles. The normalized spacial score (nSPS) is 15.2. The van der Waals surface area contributed by atoms with E-state index >= 15 is 0 Å². The third-order valence-corrected chi connectivity index (χ3v) is 5.31. The minimum atomic E-state index is -0.666. The first kappa shape index (κ1) is 27.5. The predicted molar refractivity (Wildman–Crippen MR) is 136 cm³/mol. The molecular formula is C25H36ClN5O3. The fraction of sp³-hybridized carbons (Fsp3) is 0.520. The highest BCUT2D eigenvalue weighted by Gasteiger charge is 2.20. The van der Waals surface area contributed by atoms with Gasteiger partial charge in [0, 0.05) is 29.5 Å². The first-order valence-electron chi connectivity index (χ1n) is 11.7. The molecule has 0 unspecified atom stereocenters. The standard InChI is InChI=1S/C25H36ClN5O3/c1-25(2,3)30-22(32)18-29-24(34)21(17-27-16-19-9-7-10-20(26)15-19)23(33)28-11-8-14-31-12-5-4-6-13-31/h7,9-10,15-17H,4-6,8,11-14,18H2,1-3H3,(H,28,33)(H,29,34)(H,30,32). The lowest BCUT2D eigenvalue weighted by molar-refractivity contribution is -0.127. The van der Waals surface area contributed by atoms with Gasteiger partial charge in [-0.05, 0) is 77.4 Å². The van der Waals surface area contributed by atoms with Crippen LogP contribution < -0.4 is 16.0 Å². The van der Waals surface area contributed by atoms with Crippen LogP contribution in [0, 0.1) is 0 Å². The van der Waals surface area contributed by atoms with Crippen LogP contribution in [0.1, 0.15) is 52.0 Å². The average molecular weight is 490 g/mol. The maximum absolute atomic E-state index is 12.8. The Balaban J connectivity index is 1.98. The molecule has 2 rings (SSSR count). The fourth-order valence-corrected chi connectivity index (χ4v) is 3.70. The molecule has 1 fully saturated rings. The SMILES string of the molecule is CC(C)(C)NC(=O)CNC(=O)C(=CN=Cc1cccc(Cl)c1)C(=O)NCCCN1CCCCC1. The van der Waals surface area contributed by atoms with E-state index in [0.717, 1.165) is 31.6 Å². The third kappa shape index (κ3) is 10.9. The van der Waals surface area contributed by atoms with Crippen molar-refractivity contribution in [3.8, 4) is 0 Å². The van der Waals surface area contributed by atoms with Crippen molar-refractivity contribution in [1.29, 1.82) is 0 Å². The van der Waals surface area contributed by atoms with Gasteiger partial charge in [0.25, 0.3) is 11.8 Å². The zero-order valence-electron chi connectivity index (χ0n) is 20.3. The Morgan fingerprint density at radius 1 is 1.09 bits per heavy atom. The van der Waals surface area contributed by atoms with Crippen molar-refractivity contribution >= 4 is 35.5 Å². The largest absolute Gasteiger partial charge is 0.352 e. The maximum atomic E-state index is 12.8. The second-order valence-corrected chi connectivity index (χ2v) is 9.80. The van der Waals surface area contributed by atoms with Crippen LogP contribution in [0.2, 0.25) is 5.02 Å². The fourth-order valence-electron chi connectivity index (χ4n) is 3.51. The molecule has 9 heteroatoms. The number of aliphatic imine (C=N–C) groups is 1. The van der Waals surface area contributed by atoms with Crippen molar-refractivity contribution in [3.05, 3.63) is 46.6 Å². The maximum Gasteiger partial charge on any atom is 0.258 e. The minimum absolute atomic E-state index is 0.167. The smallest absolute Gasteiger partial charge is 0.258 e. The lowest BCUT2D eigenvalue weighted by atomic mass is 10.1. The molecule has 3 N–H and O–H groups in total. The van der Waals surface area contributed by atoms with Gasteiger partial charge in [0.05, 0.1) is 6.54 Å². The summed E-state index contributed by atoms with van der Waals surface area (Å²) in [6.45, 7) is 8.84. The second-order valence-electron chi connectivity index (χ2n) is 9.37. The molecule has 8 nitrogen and oxygen atoms in total. The molecule has 1 aliphatic rings. The first-order chi connectivity index (χ1) is 16.1. The van der Waals surface area contributed by atoms with Gasteiger partial charge < -0.3 is 20.9 Å². The lowest BCUT2D eigenvalue weighted by Crippen LogP contribution is -2.46. The molecule has 0 aromatic heterocycles. The summed E-state index contributed by atoms with van der Waals surface area (Å²) in [5, 5.41) is 8.62. The highest BCUT2D eigenvalue weighted by molar-refractivity contribution is 6.30. The van der Waals surface area contributed by atoms with E-state index in [0.29, 0.717) is 11.6 Å². The Labute approximate surface area is 207 Å². The molecule has 1 heterocycles. The van der Waals surface area contributed by atoms with Gasteiger partial charge in [-0.1, -0.05) is 30.2 Å². The average Bonchev–Trinajstić information content (AvgIpc) is 2.77. The summed E-state index contributed by atoms with van der Waals surface area (Å²) >= 11 is 5.98. The Kier molecular flexibility index (Phi) is 11.2. The topological polar surface area (TPSA) is 103 Å². The third-order valence-electron chi connectivity index (χ3n) is 5.07. The number of nitrogens with one attached hydrogen (secondary N) is 3. The van der Waals surface area contributed by atoms with Crippen LogP contribution in [0.4, 0.5) is 0 Å². The number of likely N-dealkylation sites (tertiary alicyclic amines) is 1. The number of rotatable bonds is 10. The van der Waals surface area contributed by atoms with Crippen molar-refractivity contribution < 1.29 is 14.4 Å². The summed E-state index contributed by atoms with van der Waals surface area (Å²) in [6, 6.07) is 7.05. The Morgan fingerprint density at radius 2 is 1.79 bits per heavy atom. The van der Waals surface area contributed by atoms with Crippen LogP contribution in [0.25, 0.3) is 0 Å². The Hall–Kier alpha value is -2.71. The highest BCUT2D eigenvalue weighted by atomic mass is 35.5. The zero-order chi connectivity index (χ0) is 25.0. The van der Waals surface area contributed by atoms with Gasteiger partial charge in [0.2, 0.25) is 5.91 Å². The molecule has 1 aromatic carbocycles. The number of hydrogen-bond donors (Lipinski definition) is 3. The molecule has 0 aliphatic carbocycles.